The Morgan fingerprint density at radius 2 is 2.00 bits per heavy atom. The largest absolute Gasteiger partial charge is 0.497 e. The number of halogens is 1. The van der Waals surface area contributed by atoms with Crippen molar-refractivity contribution in [3.05, 3.63) is 58.6 Å². The predicted octanol–water partition coefficient (Wildman–Crippen LogP) is 4.06. The number of hydrogen-bond donors (Lipinski definition) is 1. The van der Waals surface area contributed by atoms with Gasteiger partial charge in [-0.2, -0.15) is 0 Å². The molecule has 1 N–H and O–H groups in total. The zero-order valence-electron chi connectivity index (χ0n) is 12.2. The van der Waals surface area contributed by atoms with E-state index in [1.807, 2.05) is 41.1 Å². The van der Waals surface area contributed by atoms with Gasteiger partial charge in [0.15, 0.2) is 5.82 Å². The van der Waals surface area contributed by atoms with Crippen molar-refractivity contribution in [2.75, 3.05) is 12.5 Å². The molecule has 116 valence electrons. The number of benzene rings is 2. The Kier molecular flexibility index (Phi) is 3.74. The minimum atomic E-state index is 0.137. The van der Waals surface area contributed by atoms with E-state index in [1.54, 1.807) is 18.9 Å². The van der Waals surface area contributed by atoms with Crippen LogP contribution in [0.25, 0.3) is 11.4 Å². The fraction of sp³-hybridized carbons (Fsp3) is 0.125. The first-order valence-electron chi connectivity index (χ1n) is 7.04. The van der Waals surface area contributed by atoms with Crippen molar-refractivity contribution in [3.8, 4) is 17.1 Å². The number of thioether (sulfide) groups is 1. The highest BCUT2D eigenvalue weighted by molar-refractivity contribution is 9.10. The van der Waals surface area contributed by atoms with E-state index in [0.717, 1.165) is 26.8 Å². The van der Waals surface area contributed by atoms with Crippen molar-refractivity contribution in [1.29, 1.82) is 0 Å². The van der Waals surface area contributed by atoms with E-state index in [9.17, 15) is 0 Å². The monoisotopic (exact) mass is 388 g/mol. The molecule has 0 amide bonds. The van der Waals surface area contributed by atoms with E-state index >= 15 is 0 Å². The van der Waals surface area contributed by atoms with Gasteiger partial charge in [-0.1, -0.05) is 42.1 Å². The number of rotatable bonds is 3. The van der Waals surface area contributed by atoms with Crippen LogP contribution in [-0.2, 0) is 0 Å². The fourth-order valence-electron chi connectivity index (χ4n) is 2.46. The summed E-state index contributed by atoms with van der Waals surface area (Å²) in [6, 6.07) is 16.1. The van der Waals surface area contributed by atoms with Crippen LogP contribution in [0.1, 0.15) is 10.9 Å². The Hall–Kier alpha value is -1.99. The standard InChI is InChI=1S/C16H13BrN4OS/c1-22-11-7-8-12(13(17)9-11)14-18-19-16-21(14)20-15(23-16)10-5-3-2-4-6-10/h2-9,15,20H,1H3. The second-order valence-electron chi connectivity index (χ2n) is 5.03. The van der Waals surface area contributed by atoms with Gasteiger partial charge in [-0.05, 0) is 39.7 Å². The van der Waals surface area contributed by atoms with Crippen LogP contribution in [0.5, 0.6) is 5.75 Å². The lowest BCUT2D eigenvalue weighted by Crippen LogP contribution is -2.13. The van der Waals surface area contributed by atoms with Gasteiger partial charge in [-0.3, -0.25) is 0 Å². The molecule has 0 aliphatic carbocycles. The first-order valence-corrected chi connectivity index (χ1v) is 8.71. The molecule has 2 aromatic carbocycles. The maximum atomic E-state index is 5.24. The van der Waals surface area contributed by atoms with Crippen LogP contribution >= 0.6 is 27.7 Å². The Morgan fingerprint density at radius 3 is 2.74 bits per heavy atom. The van der Waals surface area contributed by atoms with Gasteiger partial charge in [0.2, 0.25) is 5.16 Å². The minimum Gasteiger partial charge on any atom is -0.497 e. The molecule has 23 heavy (non-hydrogen) atoms. The average Bonchev–Trinajstić information content (AvgIpc) is 3.16. The van der Waals surface area contributed by atoms with Crippen molar-refractivity contribution >= 4 is 27.7 Å². The molecule has 0 fully saturated rings. The number of fused-ring (bicyclic) bond motifs is 1. The summed E-state index contributed by atoms with van der Waals surface area (Å²) in [6.07, 6.45) is 0. The van der Waals surface area contributed by atoms with Crippen LogP contribution in [0.4, 0.5) is 0 Å². The minimum absolute atomic E-state index is 0.137. The highest BCUT2D eigenvalue weighted by Crippen LogP contribution is 2.41. The number of methoxy groups -OCH3 is 1. The molecule has 1 aliphatic heterocycles. The van der Waals surface area contributed by atoms with Crippen LogP contribution in [-0.4, -0.2) is 22.0 Å². The van der Waals surface area contributed by atoms with E-state index in [-0.39, 0.29) is 5.37 Å². The smallest absolute Gasteiger partial charge is 0.212 e. The molecule has 2 heterocycles. The first-order chi connectivity index (χ1) is 11.3. The molecule has 0 bridgehead atoms. The highest BCUT2D eigenvalue weighted by Gasteiger charge is 2.28. The first kappa shape index (κ1) is 14.6. The summed E-state index contributed by atoms with van der Waals surface area (Å²) in [5, 5.41) is 9.60. The zero-order valence-corrected chi connectivity index (χ0v) is 14.6. The van der Waals surface area contributed by atoms with E-state index < -0.39 is 0 Å². The van der Waals surface area contributed by atoms with Crippen LogP contribution in [0.3, 0.4) is 0 Å². The third-order valence-electron chi connectivity index (χ3n) is 3.62. The van der Waals surface area contributed by atoms with Crippen molar-refractivity contribution in [3.63, 3.8) is 0 Å². The average molecular weight is 389 g/mol. The number of aromatic nitrogens is 3. The number of ether oxygens (including phenoxy) is 1. The third kappa shape index (κ3) is 2.60. The SMILES string of the molecule is COc1ccc(-c2nnc3n2NC(c2ccccc2)S3)c(Br)c1. The molecule has 3 aromatic rings. The molecule has 0 spiro atoms. The molecular weight excluding hydrogens is 376 g/mol. The summed E-state index contributed by atoms with van der Waals surface area (Å²) in [5.74, 6) is 1.58. The van der Waals surface area contributed by atoms with Gasteiger partial charge in [0.25, 0.3) is 0 Å². The Labute approximate surface area is 146 Å². The molecule has 5 nitrogen and oxygen atoms in total. The number of hydrogen-bond acceptors (Lipinski definition) is 5. The van der Waals surface area contributed by atoms with Gasteiger partial charge < -0.3 is 10.2 Å². The van der Waals surface area contributed by atoms with Crippen LogP contribution in [0.2, 0.25) is 0 Å². The molecule has 0 saturated heterocycles. The topological polar surface area (TPSA) is 52.0 Å². The predicted molar refractivity (Wildman–Crippen MR) is 94.1 cm³/mol. The quantitative estimate of drug-likeness (QED) is 0.732. The summed E-state index contributed by atoms with van der Waals surface area (Å²) in [6.45, 7) is 0. The van der Waals surface area contributed by atoms with Gasteiger partial charge in [0.1, 0.15) is 11.1 Å². The van der Waals surface area contributed by atoms with E-state index in [1.165, 1.54) is 5.56 Å². The van der Waals surface area contributed by atoms with E-state index in [2.05, 4.69) is 43.7 Å². The van der Waals surface area contributed by atoms with Crippen molar-refractivity contribution in [2.45, 2.75) is 10.5 Å². The summed E-state index contributed by atoms with van der Waals surface area (Å²) in [5.41, 5.74) is 5.63. The van der Waals surface area contributed by atoms with E-state index in [4.69, 9.17) is 4.74 Å². The molecule has 7 heteroatoms. The molecule has 0 radical (unpaired) electrons. The second-order valence-corrected chi connectivity index (χ2v) is 6.95. The third-order valence-corrected chi connectivity index (χ3v) is 5.37. The lowest BCUT2D eigenvalue weighted by Gasteiger charge is -2.12. The highest BCUT2D eigenvalue weighted by atomic mass is 79.9. The maximum absolute atomic E-state index is 5.24. The normalized spacial score (nSPS) is 16.0. The molecule has 1 aliphatic rings. The van der Waals surface area contributed by atoms with Crippen LogP contribution in [0, 0.1) is 0 Å². The van der Waals surface area contributed by atoms with Gasteiger partial charge in [0, 0.05) is 10.0 Å². The maximum Gasteiger partial charge on any atom is 0.212 e. The van der Waals surface area contributed by atoms with Crippen molar-refractivity contribution in [1.82, 2.24) is 14.9 Å². The molecular formula is C16H13BrN4OS. The van der Waals surface area contributed by atoms with Crippen molar-refractivity contribution in [2.24, 2.45) is 0 Å². The molecule has 4 rings (SSSR count). The number of nitrogens with zero attached hydrogens (tertiary/aromatic N) is 3. The molecule has 1 unspecified atom stereocenters. The zero-order chi connectivity index (χ0) is 15.8. The van der Waals surface area contributed by atoms with Crippen molar-refractivity contribution < 1.29 is 4.74 Å². The second kappa shape index (κ2) is 5.90. The lowest BCUT2D eigenvalue weighted by molar-refractivity contribution is 0.414. The summed E-state index contributed by atoms with van der Waals surface area (Å²) < 4.78 is 8.10. The van der Waals surface area contributed by atoms with Crippen LogP contribution < -0.4 is 10.2 Å². The summed E-state index contributed by atoms with van der Waals surface area (Å²) in [7, 11) is 1.65. The van der Waals surface area contributed by atoms with Gasteiger partial charge in [-0.15, -0.1) is 10.2 Å². The Morgan fingerprint density at radius 1 is 1.17 bits per heavy atom. The van der Waals surface area contributed by atoms with Gasteiger partial charge in [0.05, 0.1) is 7.11 Å². The lowest BCUT2D eigenvalue weighted by atomic mass is 10.2. The fourth-order valence-corrected chi connectivity index (χ4v) is 3.99. The number of nitrogens with one attached hydrogen (secondary N) is 1. The Balaban J connectivity index is 1.68. The molecule has 1 aromatic heterocycles. The summed E-state index contributed by atoms with van der Waals surface area (Å²) >= 11 is 5.24. The van der Waals surface area contributed by atoms with Crippen LogP contribution in [0.15, 0.2) is 58.2 Å². The van der Waals surface area contributed by atoms with E-state index in [0.29, 0.717) is 0 Å². The summed E-state index contributed by atoms with van der Waals surface area (Å²) in [4.78, 5) is 0. The Bertz CT molecular complexity index is 853. The van der Waals surface area contributed by atoms with Gasteiger partial charge >= 0.3 is 0 Å². The van der Waals surface area contributed by atoms with Gasteiger partial charge in [-0.25, -0.2) is 4.68 Å². The molecule has 0 saturated carbocycles. The molecule has 1 atom stereocenters.